The Labute approximate surface area is 179 Å². The maximum Gasteiger partial charge on any atom is 0.328 e. The smallest absolute Gasteiger partial charge is 0.328 e. The molecule has 136 valence electrons. The number of carboxylic acids is 1. The molecule has 0 rings (SSSR count). The van der Waals surface area contributed by atoms with Crippen LogP contribution in [0.3, 0.4) is 0 Å². The second-order valence-corrected chi connectivity index (χ2v) is 7.69. The van der Waals surface area contributed by atoms with E-state index in [0.29, 0.717) is 0 Å². The molecule has 0 amide bonds. The van der Waals surface area contributed by atoms with Crippen molar-refractivity contribution in [3.63, 3.8) is 0 Å². The first-order valence-electron chi connectivity index (χ1n) is 9.21. The van der Waals surface area contributed by atoms with Gasteiger partial charge in [0, 0.05) is 25.6 Å². The monoisotopic (exact) mass is 400 g/mol. The van der Waals surface area contributed by atoms with Crippen LogP contribution in [0.15, 0.2) is 11.6 Å². The van der Waals surface area contributed by atoms with Gasteiger partial charge in [0.1, 0.15) is 0 Å². The van der Waals surface area contributed by atoms with E-state index in [-0.39, 0.29) is 42.5 Å². The first-order valence-corrected chi connectivity index (χ1v) is 9.21. The molecule has 0 bridgehead atoms. The average Bonchev–Trinajstić information content (AvgIpc) is 2.37. The molecule has 0 aliphatic rings. The average molecular weight is 402 g/mol. The standard InChI is InChI=1S/C20H38O2.Mg.Zn.2H/c1-16(2)9-6-10-17(3)11-7-12-18(4)13-8-14-19(5)15-20(21)22;;;;/h15-18H,6-14H2,1-5H3,(H,21,22);;;;/b19-15+;;;;/t17-,18-;;;;/m1..../s1. The van der Waals surface area contributed by atoms with E-state index in [1.54, 1.807) is 0 Å². The van der Waals surface area contributed by atoms with Gasteiger partial charge in [-0.15, -0.1) is 0 Å². The number of allylic oxidation sites excluding steroid dienone is 1. The maximum absolute atomic E-state index is 10.5. The first kappa shape index (κ1) is 29.4. The fourth-order valence-electron chi connectivity index (χ4n) is 2.99. The van der Waals surface area contributed by atoms with Gasteiger partial charge in [-0.1, -0.05) is 78.2 Å². The van der Waals surface area contributed by atoms with Crippen molar-refractivity contribution in [3.05, 3.63) is 11.6 Å². The minimum absolute atomic E-state index is 0. The molecule has 0 spiro atoms. The Morgan fingerprint density at radius 1 is 0.875 bits per heavy atom. The molecule has 0 aromatic heterocycles. The summed E-state index contributed by atoms with van der Waals surface area (Å²) in [4.78, 5) is 10.5. The third-order valence-corrected chi connectivity index (χ3v) is 4.51. The predicted molar refractivity (Wildman–Crippen MR) is 105 cm³/mol. The van der Waals surface area contributed by atoms with Crippen molar-refractivity contribution in [2.45, 2.75) is 92.4 Å². The second kappa shape index (κ2) is 18.4. The molecular weight excluding hydrogens is 362 g/mol. The summed E-state index contributed by atoms with van der Waals surface area (Å²) in [5, 5.41) is 8.68. The summed E-state index contributed by atoms with van der Waals surface area (Å²) in [6.07, 6.45) is 12.7. The molecule has 0 aliphatic heterocycles. The van der Waals surface area contributed by atoms with Crippen molar-refractivity contribution < 1.29 is 29.4 Å². The molecule has 0 aromatic rings. The van der Waals surface area contributed by atoms with E-state index >= 15 is 0 Å². The Hall–Kier alpha value is 0.600. The molecule has 0 saturated carbocycles. The van der Waals surface area contributed by atoms with Crippen molar-refractivity contribution in [2.24, 2.45) is 17.8 Å². The first-order chi connectivity index (χ1) is 10.3. The molecular formula is C20H40MgO2Zn. The van der Waals surface area contributed by atoms with E-state index in [1.165, 1.54) is 51.0 Å². The largest absolute Gasteiger partial charge is 0.478 e. The Kier molecular flexibility index (Phi) is 22.5. The van der Waals surface area contributed by atoms with Gasteiger partial charge < -0.3 is 5.11 Å². The fourth-order valence-corrected chi connectivity index (χ4v) is 2.99. The van der Waals surface area contributed by atoms with Crippen LogP contribution in [0.2, 0.25) is 0 Å². The van der Waals surface area contributed by atoms with Gasteiger partial charge in [-0.05, 0) is 37.5 Å². The molecule has 0 aromatic carbocycles. The summed E-state index contributed by atoms with van der Waals surface area (Å²) in [5.41, 5.74) is 0.985. The van der Waals surface area contributed by atoms with Gasteiger partial charge in [-0.3, -0.25) is 0 Å². The Bertz CT molecular complexity index is 330. The normalized spacial score (nSPS) is 13.8. The minimum atomic E-state index is -0.822. The van der Waals surface area contributed by atoms with Crippen LogP contribution in [0, 0.1) is 17.8 Å². The van der Waals surface area contributed by atoms with Gasteiger partial charge in [0.15, 0.2) is 0 Å². The topological polar surface area (TPSA) is 37.3 Å². The van der Waals surface area contributed by atoms with Gasteiger partial charge in [0.2, 0.25) is 0 Å². The summed E-state index contributed by atoms with van der Waals surface area (Å²) in [7, 11) is 0. The number of carbonyl (C=O) groups is 1. The summed E-state index contributed by atoms with van der Waals surface area (Å²) in [6, 6.07) is 0. The fraction of sp³-hybridized carbons (Fsp3) is 0.850. The van der Waals surface area contributed by atoms with Gasteiger partial charge in [-0.2, -0.15) is 0 Å². The Balaban J connectivity index is -0.00000220. The quantitative estimate of drug-likeness (QED) is 0.325. The van der Waals surface area contributed by atoms with Gasteiger partial charge in [0.25, 0.3) is 0 Å². The molecule has 0 unspecified atom stereocenters. The summed E-state index contributed by atoms with van der Waals surface area (Å²) in [6.45, 7) is 11.3. The zero-order valence-electron chi connectivity index (χ0n) is 16.2. The number of rotatable bonds is 13. The Morgan fingerprint density at radius 2 is 1.29 bits per heavy atom. The van der Waals surface area contributed by atoms with Crippen LogP contribution in [-0.2, 0) is 24.3 Å². The Morgan fingerprint density at radius 3 is 1.71 bits per heavy atom. The van der Waals surface area contributed by atoms with Crippen molar-refractivity contribution in [1.29, 1.82) is 0 Å². The van der Waals surface area contributed by atoms with Crippen LogP contribution >= 0.6 is 0 Å². The maximum atomic E-state index is 10.5. The van der Waals surface area contributed by atoms with Crippen LogP contribution in [-0.4, -0.2) is 34.1 Å². The van der Waals surface area contributed by atoms with Crippen LogP contribution in [0.5, 0.6) is 0 Å². The number of hydrogen-bond acceptors (Lipinski definition) is 1. The third-order valence-electron chi connectivity index (χ3n) is 4.51. The van der Waals surface area contributed by atoms with E-state index in [0.717, 1.165) is 36.2 Å². The van der Waals surface area contributed by atoms with E-state index in [4.69, 9.17) is 5.11 Å². The van der Waals surface area contributed by atoms with Gasteiger partial charge in [-0.25, -0.2) is 4.79 Å². The summed E-state index contributed by atoms with van der Waals surface area (Å²) >= 11 is 0. The molecule has 2 atom stereocenters. The zero-order chi connectivity index (χ0) is 17.0. The van der Waals surface area contributed by atoms with Crippen molar-refractivity contribution in [3.8, 4) is 0 Å². The van der Waals surface area contributed by atoms with E-state index in [2.05, 4.69) is 27.7 Å². The molecule has 4 heteroatoms. The SMILES string of the molecule is C/C(=C\C(=O)O)CCC[C@H](C)CCC[C@H](C)CCCC(C)C.[MgH2].[Zn]. The van der Waals surface area contributed by atoms with Gasteiger partial charge >= 0.3 is 29.0 Å². The van der Waals surface area contributed by atoms with Gasteiger partial charge in [0.05, 0.1) is 0 Å². The van der Waals surface area contributed by atoms with E-state index in [1.807, 2.05) is 6.92 Å². The second-order valence-electron chi connectivity index (χ2n) is 7.69. The molecule has 0 fully saturated rings. The predicted octanol–water partition coefficient (Wildman–Crippen LogP) is 5.54. The van der Waals surface area contributed by atoms with Crippen molar-refractivity contribution >= 4 is 29.0 Å². The summed E-state index contributed by atoms with van der Waals surface area (Å²) < 4.78 is 0. The van der Waals surface area contributed by atoms with E-state index < -0.39 is 5.97 Å². The molecule has 0 aliphatic carbocycles. The zero-order valence-corrected chi connectivity index (χ0v) is 19.2. The van der Waals surface area contributed by atoms with Crippen LogP contribution in [0.4, 0.5) is 0 Å². The van der Waals surface area contributed by atoms with Crippen molar-refractivity contribution in [1.82, 2.24) is 0 Å². The molecule has 2 nitrogen and oxygen atoms in total. The number of carboxylic acid groups (broad SMARTS) is 1. The van der Waals surface area contributed by atoms with Crippen LogP contribution in [0.1, 0.15) is 92.4 Å². The molecule has 1 N–H and O–H groups in total. The molecule has 0 saturated heterocycles. The van der Waals surface area contributed by atoms with Crippen molar-refractivity contribution in [2.75, 3.05) is 0 Å². The third kappa shape index (κ3) is 20.6. The molecule has 24 heavy (non-hydrogen) atoms. The van der Waals surface area contributed by atoms with E-state index in [9.17, 15) is 4.79 Å². The van der Waals surface area contributed by atoms with Crippen LogP contribution < -0.4 is 0 Å². The minimum Gasteiger partial charge on any atom is -0.478 e. The van der Waals surface area contributed by atoms with Crippen LogP contribution in [0.25, 0.3) is 0 Å². The number of hydrogen-bond donors (Lipinski definition) is 1. The molecule has 0 radical (unpaired) electrons. The molecule has 0 heterocycles. The summed E-state index contributed by atoms with van der Waals surface area (Å²) in [5.74, 6) is 1.65. The number of aliphatic carboxylic acids is 1.